The van der Waals surface area contributed by atoms with Crippen LogP contribution in [0.1, 0.15) is 11.1 Å². The molecule has 0 fully saturated rings. The van der Waals surface area contributed by atoms with E-state index in [9.17, 15) is 0 Å². The van der Waals surface area contributed by atoms with Crippen molar-refractivity contribution in [1.29, 1.82) is 0 Å². The fraction of sp³-hybridized carbons (Fsp3) is 0.312. The summed E-state index contributed by atoms with van der Waals surface area (Å²) in [6.07, 6.45) is 4.48. The van der Waals surface area contributed by atoms with Crippen LogP contribution in [-0.4, -0.2) is 29.5 Å². The van der Waals surface area contributed by atoms with Crippen LogP contribution in [-0.2, 0) is 13.0 Å². The third-order valence-electron chi connectivity index (χ3n) is 3.26. The van der Waals surface area contributed by atoms with Crippen LogP contribution in [0.2, 0.25) is 5.02 Å². The van der Waals surface area contributed by atoms with Gasteiger partial charge in [-0.15, -0.1) is 0 Å². The first-order valence-corrected chi connectivity index (χ1v) is 7.22. The molecule has 0 aliphatic heterocycles. The lowest BCUT2D eigenvalue weighted by Crippen LogP contribution is -2.31. The Kier molecular flexibility index (Phi) is 5.99. The van der Waals surface area contributed by atoms with E-state index in [1.165, 1.54) is 5.56 Å². The van der Waals surface area contributed by atoms with E-state index in [1.807, 2.05) is 12.1 Å². The molecule has 1 aromatic heterocycles. The number of hydrogen-bond acceptors (Lipinski definition) is 3. The second-order valence-electron chi connectivity index (χ2n) is 4.77. The second-order valence-corrected chi connectivity index (χ2v) is 5.17. The Morgan fingerprint density at radius 3 is 2.60 bits per heavy atom. The largest absolute Gasteiger partial charge is 0.329 e. The second kappa shape index (κ2) is 8.00. The van der Waals surface area contributed by atoms with Crippen LogP contribution >= 0.6 is 11.6 Å². The average molecular weight is 290 g/mol. The first-order valence-electron chi connectivity index (χ1n) is 6.84. The van der Waals surface area contributed by atoms with Crippen molar-refractivity contribution >= 4 is 11.6 Å². The highest BCUT2D eigenvalue weighted by Crippen LogP contribution is 2.15. The van der Waals surface area contributed by atoms with Crippen molar-refractivity contribution in [3.63, 3.8) is 0 Å². The smallest absolute Gasteiger partial charge is 0.0634 e. The summed E-state index contributed by atoms with van der Waals surface area (Å²) in [5, 5.41) is 0.717. The molecule has 0 saturated heterocycles. The average Bonchev–Trinajstić information content (AvgIpc) is 2.48. The minimum absolute atomic E-state index is 0.650. The molecule has 4 heteroatoms. The molecule has 106 valence electrons. The fourth-order valence-corrected chi connectivity index (χ4v) is 2.34. The maximum absolute atomic E-state index is 6.17. The maximum atomic E-state index is 6.17. The fourth-order valence-electron chi connectivity index (χ4n) is 2.16. The molecular weight excluding hydrogens is 270 g/mol. The van der Waals surface area contributed by atoms with Crippen molar-refractivity contribution in [2.45, 2.75) is 13.0 Å². The van der Waals surface area contributed by atoms with Crippen LogP contribution in [0.15, 0.2) is 48.8 Å². The Morgan fingerprint density at radius 1 is 1.10 bits per heavy atom. The van der Waals surface area contributed by atoms with Crippen molar-refractivity contribution in [1.82, 2.24) is 9.88 Å². The van der Waals surface area contributed by atoms with Gasteiger partial charge in [-0.3, -0.25) is 9.88 Å². The van der Waals surface area contributed by atoms with Crippen molar-refractivity contribution in [2.24, 2.45) is 5.73 Å². The quantitative estimate of drug-likeness (QED) is 0.852. The van der Waals surface area contributed by atoms with Gasteiger partial charge in [0.1, 0.15) is 0 Å². The number of aromatic nitrogens is 1. The zero-order chi connectivity index (χ0) is 14.2. The van der Waals surface area contributed by atoms with Crippen LogP contribution in [0.5, 0.6) is 0 Å². The molecule has 0 spiro atoms. The molecule has 2 rings (SSSR count). The van der Waals surface area contributed by atoms with Gasteiger partial charge in [-0.25, -0.2) is 0 Å². The van der Waals surface area contributed by atoms with E-state index in [4.69, 9.17) is 17.3 Å². The SMILES string of the molecule is NCCN(CCc1ccccc1)Cc1ccncc1Cl. The summed E-state index contributed by atoms with van der Waals surface area (Å²) in [6, 6.07) is 12.5. The summed E-state index contributed by atoms with van der Waals surface area (Å²) in [7, 11) is 0. The third-order valence-corrected chi connectivity index (χ3v) is 3.60. The van der Waals surface area contributed by atoms with E-state index in [1.54, 1.807) is 12.4 Å². The van der Waals surface area contributed by atoms with Gasteiger partial charge in [-0.05, 0) is 23.6 Å². The zero-order valence-electron chi connectivity index (χ0n) is 11.5. The van der Waals surface area contributed by atoms with Gasteiger partial charge in [0.05, 0.1) is 5.02 Å². The van der Waals surface area contributed by atoms with Gasteiger partial charge in [-0.1, -0.05) is 41.9 Å². The summed E-state index contributed by atoms with van der Waals surface area (Å²) in [5.74, 6) is 0. The minimum atomic E-state index is 0.650. The lowest BCUT2D eigenvalue weighted by atomic mass is 10.1. The lowest BCUT2D eigenvalue weighted by molar-refractivity contribution is 0.276. The third kappa shape index (κ3) is 4.60. The molecule has 20 heavy (non-hydrogen) atoms. The van der Waals surface area contributed by atoms with Gasteiger partial charge in [0.2, 0.25) is 0 Å². The predicted octanol–water partition coefficient (Wildman–Crippen LogP) is 2.74. The van der Waals surface area contributed by atoms with Gasteiger partial charge in [-0.2, -0.15) is 0 Å². The summed E-state index contributed by atoms with van der Waals surface area (Å²) in [6.45, 7) is 3.30. The van der Waals surface area contributed by atoms with Gasteiger partial charge < -0.3 is 5.73 Å². The molecule has 2 aromatic rings. The monoisotopic (exact) mass is 289 g/mol. The highest BCUT2D eigenvalue weighted by Gasteiger charge is 2.08. The van der Waals surface area contributed by atoms with Crippen LogP contribution in [0, 0.1) is 0 Å². The van der Waals surface area contributed by atoms with E-state index in [0.29, 0.717) is 11.6 Å². The molecular formula is C16H20ClN3. The number of halogens is 1. The van der Waals surface area contributed by atoms with Gasteiger partial charge in [0.15, 0.2) is 0 Å². The Labute approximate surface area is 125 Å². The van der Waals surface area contributed by atoms with E-state index in [0.717, 1.165) is 31.6 Å². The van der Waals surface area contributed by atoms with E-state index >= 15 is 0 Å². The normalized spacial score (nSPS) is 10.9. The Bertz CT molecular complexity index is 516. The molecule has 0 aliphatic rings. The topological polar surface area (TPSA) is 42.1 Å². The lowest BCUT2D eigenvalue weighted by Gasteiger charge is -2.22. The molecule has 0 bridgehead atoms. The van der Waals surface area contributed by atoms with Gasteiger partial charge in [0, 0.05) is 38.6 Å². The van der Waals surface area contributed by atoms with Crippen molar-refractivity contribution in [2.75, 3.05) is 19.6 Å². The van der Waals surface area contributed by atoms with Gasteiger partial charge >= 0.3 is 0 Å². The van der Waals surface area contributed by atoms with Crippen molar-refractivity contribution < 1.29 is 0 Å². The van der Waals surface area contributed by atoms with Crippen LogP contribution in [0.3, 0.4) is 0 Å². The summed E-state index contributed by atoms with van der Waals surface area (Å²) in [4.78, 5) is 6.34. The summed E-state index contributed by atoms with van der Waals surface area (Å²) < 4.78 is 0. The molecule has 1 aromatic carbocycles. The number of nitrogens with zero attached hydrogens (tertiary/aromatic N) is 2. The highest BCUT2D eigenvalue weighted by atomic mass is 35.5. The van der Waals surface area contributed by atoms with Crippen molar-refractivity contribution in [3.8, 4) is 0 Å². The number of hydrogen-bond donors (Lipinski definition) is 1. The minimum Gasteiger partial charge on any atom is -0.329 e. The van der Waals surface area contributed by atoms with E-state index in [2.05, 4.69) is 34.1 Å². The van der Waals surface area contributed by atoms with Crippen LogP contribution in [0.25, 0.3) is 0 Å². The first kappa shape index (κ1) is 15.0. The standard InChI is InChI=1S/C16H20ClN3/c17-16-12-19-9-6-15(16)13-20(11-8-18)10-7-14-4-2-1-3-5-14/h1-6,9,12H,7-8,10-11,13,18H2. The number of benzene rings is 1. The van der Waals surface area contributed by atoms with E-state index < -0.39 is 0 Å². The van der Waals surface area contributed by atoms with Crippen molar-refractivity contribution in [3.05, 3.63) is 64.9 Å². The zero-order valence-corrected chi connectivity index (χ0v) is 12.3. The Morgan fingerprint density at radius 2 is 1.90 bits per heavy atom. The highest BCUT2D eigenvalue weighted by molar-refractivity contribution is 6.31. The molecule has 0 unspecified atom stereocenters. The Hall–Kier alpha value is -1.42. The molecule has 3 nitrogen and oxygen atoms in total. The molecule has 0 atom stereocenters. The predicted molar refractivity (Wildman–Crippen MR) is 83.7 cm³/mol. The molecule has 2 N–H and O–H groups in total. The molecule has 0 amide bonds. The van der Waals surface area contributed by atoms with Crippen LogP contribution in [0.4, 0.5) is 0 Å². The van der Waals surface area contributed by atoms with Crippen LogP contribution < -0.4 is 5.73 Å². The number of nitrogens with two attached hydrogens (primary N) is 1. The van der Waals surface area contributed by atoms with Gasteiger partial charge in [0.25, 0.3) is 0 Å². The molecule has 0 radical (unpaired) electrons. The Balaban J connectivity index is 1.95. The molecule has 0 aliphatic carbocycles. The molecule has 1 heterocycles. The molecule has 0 saturated carbocycles. The van der Waals surface area contributed by atoms with E-state index in [-0.39, 0.29) is 0 Å². The summed E-state index contributed by atoms with van der Waals surface area (Å²) >= 11 is 6.17. The number of pyridine rings is 1. The number of rotatable bonds is 7. The maximum Gasteiger partial charge on any atom is 0.0634 e. The first-order chi connectivity index (χ1) is 9.79. The summed E-state index contributed by atoms with van der Waals surface area (Å²) in [5.41, 5.74) is 8.15.